The molecule has 1 fully saturated rings. The van der Waals surface area contributed by atoms with Crippen LogP contribution in [0, 0.1) is 0 Å². The Kier molecular flexibility index (Phi) is 9.43. The number of aliphatic imine (C=N–C) groups is 1. The molecule has 2 atom stereocenters. The van der Waals surface area contributed by atoms with Crippen LogP contribution >= 0.6 is 0 Å². The van der Waals surface area contributed by atoms with Crippen LogP contribution in [-0.2, 0) is 16.0 Å². The van der Waals surface area contributed by atoms with Crippen LogP contribution in [0.5, 0.6) is 5.75 Å². The van der Waals surface area contributed by atoms with Gasteiger partial charge < -0.3 is 19.5 Å². The first-order valence-corrected chi connectivity index (χ1v) is 14.3. The lowest BCUT2D eigenvalue weighted by Crippen LogP contribution is -2.53. The van der Waals surface area contributed by atoms with E-state index in [9.17, 15) is 15.9 Å². The molecule has 220 valence electrons. The lowest BCUT2D eigenvalue weighted by Gasteiger charge is -2.37. The molecule has 2 heterocycles. The van der Waals surface area contributed by atoms with Crippen LogP contribution in [0.25, 0.3) is 20.9 Å². The predicted molar refractivity (Wildman–Crippen MR) is 161 cm³/mol. The number of rotatable bonds is 11. The molecule has 2 aliphatic rings. The molecule has 0 spiro atoms. The number of aliphatic hydroxyl groups excluding tert-OH is 1. The van der Waals surface area contributed by atoms with Crippen molar-refractivity contribution in [3.63, 3.8) is 0 Å². The van der Waals surface area contributed by atoms with Crippen molar-refractivity contribution in [2.24, 2.45) is 15.2 Å². The molecular weight excluding hydrogens is 548 g/mol. The highest BCUT2D eigenvalue weighted by atomic mass is 16.5. The topological polar surface area (TPSA) is 169 Å². The van der Waals surface area contributed by atoms with Gasteiger partial charge in [-0.05, 0) is 60.2 Å². The van der Waals surface area contributed by atoms with E-state index < -0.39 is 11.6 Å². The summed E-state index contributed by atoms with van der Waals surface area (Å²) in [6.07, 6.45) is 2.45. The first-order valence-electron chi connectivity index (χ1n) is 14.3. The highest BCUT2D eigenvalue weighted by Gasteiger charge is 2.55. The van der Waals surface area contributed by atoms with Gasteiger partial charge in [0.05, 0.1) is 6.61 Å². The Morgan fingerprint density at radius 1 is 0.977 bits per heavy atom. The Labute approximate surface area is 248 Å². The number of nitrogens with zero attached hydrogens (tertiary/aromatic N) is 8. The van der Waals surface area contributed by atoms with Crippen molar-refractivity contribution in [3.05, 3.63) is 110 Å². The average Bonchev–Trinajstić information content (AvgIpc) is 3.43. The summed E-state index contributed by atoms with van der Waals surface area (Å²) in [7, 11) is 0. The van der Waals surface area contributed by atoms with Gasteiger partial charge in [0.15, 0.2) is 11.6 Å². The van der Waals surface area contributed by atoms with Gasteiger partial charge in [0.1, 0.15) is 5.75 Å². The van der Waals surface area contributed by atoms with Crippen LogP contribution in [0.1, 0.15) is 48.5 Å². The number of hydrogen-bond donors (Lipinski definition) is 1. The lowest BCUT2D eigenvalue weighted by molar-refractivity contribution is -0.140. The van der Waals surface area contributed by atoms with Crippen molar-refractivity contribution in [1.29, 1.82) is 0 Å². The second kappa shape index (κ2) is 13.8. The monoisotopic (exact) mass is 580 g/mol. The van der Waals surface area contributed by atoms with Gasteiger partial charge >= 0.3 is 0 Å². The summed E-state index contributed by atoms with van der Waals surface area (Å²) >= 11 is 0. The Bertz CT molecular complexity index is 1570. The summed E-state index contributed by atoms with van der Waals surface area (Å²) in [5.41, 5.74) is 19.6. The van der Waals surface area contributed by atoms with Gasteiger partial charge in [-0.15, -0.1) is 0 Å². The zero-order chi connectivity index (χ0) is 30.1. The summed E-state index contributed by atoms with van der Waals surface area (Å²) in [6.45, 7) is 1.60. The summed E-state index contributed by atoms with van der Waals surface area (Å²) in [5, 5.41) is 16.8. The summed E-state index contributed by atoms with van der Waals surface area (Å²) in [5.74, 6) is 0.678. The number of carbonyl (C=O) groups excluding carboxylic acids is 1. The maximum absolute atomic E-state index is 14.7. The van der Waals surface area contributed by atoms with Crippen LogP contribution in [-0.4, -0.2) is 53.7 Å². The van der Waals surface area contributed by atoms with E-state index in [0.29, 0.717) is 59.9 Å². The fraction of sp³-hybridized carbons (Fsp3) is 0.355. The maximum Gasteiger partial charge on any atom is 0.255 e. The van der Waals surface area contributed by atoms with Crippen molar-refractivity contribution in [2.75, 3.05) is 26.3 Å². The van der Waals surface area contributed by atoms with E-state index in [1.165, 1.54) is 0 Å². The number of amides is 1. The minimum absolute atomic E-state index is 0.0391. The minimum atomic E-state index is -1.49. The third-order valence-electron chi connectivity index (χ3n) is 7.63. The Hall–Kier alpha value is -5.02. The number of piperidine rings is 1. The maximum atomic E-state index is 14.7. The number of likely N-dealkylation sites (tertiary alicyclic amines) is 1. The second-order valence-corrected chi connectivity index (χ2v) is 10.4. The number of ether oxygens (including phenoxy) is 2. The smallest absolute Gasteiger partial charge is 0.255 e. The van der Waals surface area contributed by atoms with E-state index in [1.807, 2.05) is 17.0 Å². The standard InChI is InChI=1S/C31H32N8O4/c32-37-35-26-11-4-2-9-23(26)21-31(30(41)39-17-6-1-7-18-39)28(25-10-3-5-12-27(25)36-38-33)43-29(34-31)22-13-15-24(16-14-22)42-20-8-19-40/h2-5,9-16,28,40H,1,6-8,17-21H2/t28-,31-/m0/s1. The van der Waals surface area contributed by atoms with Crippen molar-refractivity contribution in [1.82, 2.24) is 4.90 Å². The molecule has 0 unspecified atom stereocenters. The van der Waals surface area contributed by atoms with Crippen molar-refractivity contribution >= 4 is 23.2 Å². The van der Waals surface area contributed by atoms with Crippen LogP contribution in [0.2, 0.25) is 0 Å². The molecule has 1 N–H and O–H groups in total. The SMILES string of the molecule is [N-]=[N+]=Nc1ccccc1C[C@]1(C(=O)N2CCCCC2)N=C(c2ccc(OCCCO)cc2)O[C@H]1c1ccccc1N=[N+]=[N-]. The summed E-state index contributed by atoms with van der Waals surface area (Å²) in [6, 6.07) is 21.3. The molecule has 1 saturated heterocycles. The summed E-state index contributed by atoms with van der Waals surface area (Å²) in [4.78, 5) is 27.6. The molecule has 0 bridgehead atoms. The van der Waals surface area contributed by atoms with Gasteiger partial charge in [0, 0.05) is 64.9 Å². The molecular formula is C31H32N8O4. The second-order valence-electron chi connectivity index (χ2n) is 10.4. The van der Waals surface area contributed by atoms with E-state index in [2.05, 4.69) is 20.1 Å². The molecule has 3 aromatic rings. The molecule has 5 rings (SSSR count). The fourth-order valence-electron chi connectivity index (χ4n) is 5.56. The lowest BCUT2D eigenvalue weighted by atomic mass is 9.80. The first-order chi connectivity index (χ1) is 21.1. The number of hydrogen-bond acceptors (Lipinski definition) is 7. The molecule has 0 aromatic heterocycles. The number of benzene rings is 3. The molecule has 2 aliphatic heterocycles. The van der Waals surface area contributed by atoms with Crippen LogP contribution < -0.4 is 4.74 Å². The van der Waals surface area contributed by atoms with E-state index in [4.69, 9.17) is 19.6 Å². The number of carbonyl (C=O) groups is 1. The van der Waals surface area contributed by atoms with Gasteiger partial charge in [-0.1, -0.05) is 58.8 Å². The van der Waals surface area contributed by atoms with Crippen molar-refractivity contribution in [2.45, 2.75) is 43.7 Å². The largest absolute Gasteiger partial charge is 0.494 e. The zero-order valence-corrected chi connectivity index (χ0v) is 23.6. The number of aliphatic hydroxyl groups is 1. The van der Waals surface area contributed by atoms with E-state index in [-0.39, 0.29) is 24.8 Å². The van der Waals surface area contributed by atoms with E-state index in [1.54, 1.807) is 60.7 Å². The minimum Gasteiger partial charge on any atom is -0.494 e. The molecule has 1 amide bonds. The Balaban J connectivity index is 1.67. The molecule has 0 radical (unpaired) electrons. The average molecular weight is 581 g/mol. The molecule has 3 aromatic carbocycles. The Morgan fingerprint density at radius 3 is 2.37 bits per heavy atom. The van der Waals surface area contributed by atoms with Crippen LogP contribution in [0.3, 0.4) is 0 Å². The fourth-order valence-corrected chi connectivity index (χ4v) is 5.56. The van der Waals surface area contributed by atoms with Crippen molar-refractivity contribution in [3.8, 4) is 5.75 Å². The molecule has 12 nitrogen and oxygen atoms in total. The normalized spacial score (nSPS) is 19.4. The van der Waals surface area contributed by atoms with Crippen LogP contribution in [0.15, 0.2) is 88.0 Å². The number of azide groups is 2. The van der Waals surface area contributed by atoms with Gasteiger partial charge in [0.2, 0.25) is 5.90 Å². The quantitative estimate of drug-likeness (QED) is 0.113. The molecule has 0 saturated carbocycles. The molecule has 43 heavy (non-hydrogen) atoms. The third kappa shape index (κ3) is 6.42. The molecule has 12 heteroatoms. The van der Waals surface area contributed by atoms with Gasteiger partial charge in [-0.25, -0.2) is 4.99 Å². The highest BCUT2D eigenvalue weighted by Crippen LogP contribution is 2.47. The third-order valence-corrected chi connectivity index (χ3v) is 7.63. The van der Waals surface area contributed by atoms with Crippen LogP contribution in [0.4, 0.5) is 11.4 Å². The Morgan fingerprint density at radius 2 is 1.65 bits per heavy atom. The van der Waals surface area contributed by atoms with Crippen molar-refractivity contribution < 1.29 is 19.4 Å². The van der Waals surface area contributed by atoms with E-state index >= 15 is 0 Å². The molecule has 0 aliphatic carbocycles. The highest BCUT2D eigenvalue weighted by molar-refractivity contribution is 6.01. The predicted octanol–water partition coefficient (Wildman–Crippen LogP) is 6.84. The summed E-state index contributed by atoms with van der Waals surface area (Å²) < 4.78 is 12.3. The first kappa shape index (κ1) is 29.5. The van der Waals surface area contributed by atoms with Gasteiger partial charge in [-0.3, -0.25) is 4.79 Å². The zero-order valence-electron chi connectivity index (χ0n) is 23.6. The van der Waals surface area contributed by atoms with Gasteiger partial charge in [0.25, 0.3) is 5.91 Å². The van der Waals surface area contributed by atoms with Gasteiger partial charge in [-0.2, -0.15) is 0 Å². The van der Waals surface area contributed by atoms with E-state index in [0.717, 1.165) is 19.3 Å².